The SMILES string of the molecule is CCB(CSCCC(C)C)C(C)CC. The van der Waals surface area contributed by atoms with Crippen LogP contribution in [0.1, 0.15) is 47.5 Å². The number of thioether (sulfide) groups is 1. The molecule has 2 heteroatoms. The van der Waals surface area contributed by atoms with Gasteiger partial charge in [0, 0.05) is 0 Å². The Labute approximate surface area is 95.7 Å². The minimum atomic E-state index is 0.867. The van der Waals surface area contributed by atoms with Crippen molar-refractivity contribution in [2.45, 2.75) is 59.6 Å². The van der Waals surface area contributed by atoms with E-state index >= 15 is 0 Å². The molecule has 0 aliphatic carbocycles. The Morgan fingerprint density at radius 2 is 1.79 bits per heavy atom. The lowest BCUT2D eigenvalue weighted by molar-refractivity contribution is 0.632. The van der Waals surface area contributed by atoms with Crippen molar-refractivity contribution in [3.05, 3.63) is 0 Å². The Bertz CT molecular complexity index is 125. The lowest BCUT2D eigenvalue weighted by atomic mass is 9.41. The van der Waals surface area contributed by atoms with Gasteiger partial charge < -0.3 is 0 Å². The summed E-state index contributed by atoms with van der Waals surface area (Å²) >= 11 is 2.16. The minimum absolute atomic E-state index is 0.867. The monoisotopic (exact) mass is 214 g/mol. The maximum absolute atomic E-state index is 2.40. The summed E-state index contributed by atoms with van der Waals surface area (Å²) in [7, 11) is 0. The average Bonchev–Trinajstić information content (AvgIpc) is 2.16. The summed E-state index contributed by atoms with van der Waals surface area (Å²) in [6.07, 6.45) is 4.06. The number of hydrogen-bond acceptors (Lipinski definition) is 1. The molecule has 0 amide bonds. The van der Waals surface area contributed by atoms with Gasteiger partial charge in [0.25, 0.3) is 0 Å². The highest BCUT2D eigenvalue weighted by Gasteiger charge is 2.17. The molecule has 0 aliphatic heterocycles. The second-order valence-corrected chi connectivity index (χ2v) is 5.96. The van der Waals surface area contributed by atoms with Crippen LogP contribution in [0.2, 0.25) is 12.1 Å². The van der Waals surface area contributed by atoms with Crippen molar-refractivity contribution < 1.29 is 0 Å². The molecule has 14 heavy (non-hydrogen) atoms. The average molecular weight is 214 g/mol. The fraction of sp³-hybridized carbons (Fsp3) is 1.00. The third-order valence-electron chi connectivity index (χ3n) is 3.14. The highest BCUT2D eigenvalue weighted by atomic mass is 32.2. The molecule has 0 heterocycles. The van der Waals surface area contributed by atoms with Gasteiger partial charge in [-0.1, -0.05) is 53.2 Å². The topological polar surface area (TPSA) is 0 Å². The second kappa shape index (κ2) is 8.70. The third-order valence-corrected chi connectivity index (χ3v) is 4.33. The Balaban J connectivity index is 3.52. The van der Waals surface area contributed by atoms with E-state index in [0.29, 0.717) is 0 Å². The molecule has 0 aromatic heterocycles. The molecule has 0 radical (unpaired) electrons. The standard InChI is InChI=1S/C12H27BS/c1-6-12(5)13(7-2)10-14-9-8-11(3)4/h11-12H,6-10H2,1-5H3. The number of rotatable bonds is 8. The van der Waals surface area contributed by atoms with Gasteiger partial charge in [0.15, 0.2) is 6.71 Å². The van der Waals surface area contributed by atoms with E-state index in [1.54, 1.807) is 0 Å². The quantitative estimate of drug-likeness (QED) is 0.419. The van der Waals surface area contributed by atoms with Gasteiger partial charge in [0.1, 0.15) is 0 Å². The normalized spacial score (nSPS) is 13.3. The first-order valence-corrected chi connectivity index (χ1v) is 7.34. The molecule has 0 rings (SSSR count). The summed E-state index contributed by atoms with van der Waals surface area (Å²) in [5.41, 5.74) is 1.37. The van der Waals surface area contributed by atoms with Gasteiger partial charge in [-0.15, -0.1) is 0 Å². The smallest absolute Gasteiger partial charge is 0.153 e. The molecular weight excluding hydrogens is 187 g/mol. The van der Waals surface area contributed by atoms with E-state index in [1.165, 1.54) is 30.6 Å². The fourth-order valence-electron chi connectivity index (χ4n) is 1.57. The van der Waals surface area contributed by atoms with Crippen molar-refractivity contribution in [1.82, 2.24) is 0 Å². The van der Waals surface area contributed by atoms with E-state index in [1.807, 2.05) is 0 Å². The van der Waals surface area contributed by atoms with Crippen molar-refractivity contribution in [3.8, 4) is 0 Å². The summed E-state index contributed by atoms with van der Waals surface area (Å²) in [4.78, 5) is 0. The van der Waals surface area contributed by atoms with E-state index in [0.717, 1.165) is 18.4 Å². The lowest BCUT2D eigenvalue weighted by Crippen LogP contribution is -2.21. The molecule has 0 N–H and O–H groups in total. The van der Waals surface area contributed by atoms with Crippen molar-refractivity contribution >= 4 is 18.5 Å². The Hall–Kier alpha value is 0.415. The van der Waals surface area contributed by atoms with E-state index in [9.17, 15) is 0 Å². The minimum Gasteiger partial charge on any atom is -0.170 e. The van der Waals surface area contributed by atoms with Crippen molar-refractivity contribution in [2.75, 3.05) is 11.4 Å². The number of hydrogen-bond donors (Lipinski definition) is 0. The highest BCUT2D eigenvalue weighted by Crippen LogP contribution is 2.21. The summed E-state index contributed by atoms with van der Waals surface area (Å²) in [5.74, 6) is 3.13. The molecule has 0 aromatic carbocycles. The van der Waals surface area contributed by atoms with Crippen LogP contribution >= 0.6 is 11.8 Å². The first kappa shape index (κ1) is 14.4. The molecule has 1 unspecified atom stereocenters. The highest BCUT2D eigenvalue weighted by molar-refractivity contribution is 8.00. The first-order chi connectivity index (χ1) is 6.61. The van der Waals surface area contributed by atoms with E-state index in [-0.39, 0.29) is 0 Å². The summed E-state index contributed by atoms with van der Waals surface area (Å²) in [5, 5.41) is 0. The Morgan fingerprint density at radius 1 is 1.14 bits per heavy atom. The maximum Gasteiger partial charge on any atom is 0.153 e. The Morgan fingerprint density at radius 3 is 2.21 bits per heavy atom. The van der Waals surface area contributed by atoms with Crippen LogP contribution in [-0.2, 0) is 0 Å². The molecule has 0 aromatic rings. The zero-order valence-electron chi connectivity index (χ0n) is 10.7. The first-order valence-electron chi connectivity index (χ1n) is 6.19. The maximum atomic E-state index is 2.40. The van der Waals surface area contributed by atoms with E-state index < -0.39 is 0 Å². The predicted molar refractivity (Wildman–Crippen MR) is 72.7 cm³/mol. The van der Waals surface area contributed by atoms with Crippen molar-refractivity contribution in [3.63, 3.8) is 0 Å². The molecule has 0 saturated carbocycles. The van der Waals surface area contributed by atoms with Crippen LogP contribution < -0.4 is 0 Å². The van der Waals surface area contributed by atoms with Crippen LogP contribution in [0.15, 0.2) is 0 Å². The van der Waals surface area contributed by atoms with Gasteiger partial charge in [-0.25, -0.2) is 0 Å². The molecule has 0 aliphatic rings. The van der Waals surface area contributed by atoms with Gasteiger partial charge in [0.2, 0.25) is 0 Å². The molecule has 0 bridgehead atoms. The van der Waals surface area contributed by atoms with Crippen molar-refractivity contribution in [1.29, 1.82) is 0 Å². The van der Waals surface area contributed by atoms with Crippen LogP contribution in [0.5, 0.6) is 0 Å². The predicted octanol–water partition coefficient (Wildman–Crippen LogP) is 4.62. The molecular formula is C12H27BS. The van der Waals surface area contributed by atoms with Gasteiger partial charge in [-0.3, -0.25) is 0 Å². The zero-order chi connectivity index (χ0) is 11.0. The summed E-state index contributed by atoms with van der Waals surface area (Å²) in [6.45, 7) is 12.6. The summed E-state index contributed by atoms with van der Waals surface area (Å²) < 4.78 is 0. The summed E-state index contributed by atoms with van der Waals surface area (Å²) in [6, 6.07) is 0. The second-order valence-electron chi connectivity index (χ2n) is 4.81. The lowest BCUT2D eigenvalue weighted by Gasteiger charge is -2.17. The van der Waals surface area contributed by atoms with Crippen molar-refractivity contribution in [2.24, 2.45) is 5.92 Å². The Kier molecular flexibility index (Phi) is 8.96. The largest absolute Gasteiger partial charge is 0.170 e. The van der Waals surface area contributed by atoms with Crippen LogP contribution in [0.4, 0.5) is 0 Å². The molecule has 0 saturated heterocycles. The molecule has 84 valence electrons. The molecule has 0 spiro atoms. The fourth-order valence-corrected chi connectivity index (χ4v) is 3.24. The molecule has 0 nitrogen and oxygen atoms in total. The molecule has 1 atom stereocenters. The van der Waals surface area contributed by atoms with Gasteiger partial charge in [-0.2, -0.15) is 11.8 Å². The van der Waals surface area contributed by atoms with Crippen LogP contribution in [-0.4, -0.2) is 18.1 Å². The van der Waals surface area contributed by atoms with Gasteiger partial charge >= 0.3 is 0 Å². The van der Waals surface area contributed by atoms with Crippen LogP contribution in [0, 0.1) is 5.92 Å². The van der Waals surface area contributed by atoms with Crippen LogP contribution in [0.3, 0.4) is 0 Å². The van der Waals surface area contributed by atoms with Gasteiger partial charge in [-0.05, 0) is 23.7 Å². The van der Waals surface area contributed by atoms with Crippen LogP contribution in [0.25, 0.3) is 0 Å². The zero-order valence-corrected chi connectivity index (χ0v) is 11.5. The van der Waals surface area contributed by atoms with E-state index in [4.69, 9.17) is 0 Å². The molecule has 0 fully saturated rings. The third kappa shape index (κ3) is 6.81. The van der Waals surface area contributed by atoms with Gasteiger partial charge in [0.05, 0.1) is 0 Å². The van der Waals surface area contributed by atoms with E-state index in [2.05, 4.69) is 46.4 Å².